The van der Waals surface area contributed by atoms with Crippen LogP contribution in [0.2, 0.25) is 0 Å². The Labute approximate surface area is 191 Å². The van der Waals surface area contributed by atoms with Crippen molar-refractivity contribution in [2.45, 2.75) is 12.3 Å². The molecule has 0 aliphatic rings. The summed E-state index contributed by atoms with van der Waals surface area (Å²) in [4.78, 5) is 12.2. The quantitative estimate of drug-likeness (QED) is 0.354. The van der Waals surface area contributed by atoms with Gasteiger partial charge in [0.1, 0.15) is 5.75 Å². The highest BCUT2D eigenvalue weighted by molar-refractivity contribution is 5.85. The van der Waals surface area contributed by atoms with Gasteiger partial charge in [0.2, 0.25) is 0 Å². The van der Waals surface area contributed by atoms with Gasteiger partial charge in [0.15, 0.2) is 0 Å². The number of hydrogen-bond donors (Lipinski definition) is 2. The van der Waals surface area contributed by atoms with Gasteiger partial charge in [-0.1, -0.05) is 72.8 Å². The molecule has 1 unspecified atom stereocenters. The van der Waals surface area contributed by atoms with Crippen LogP contribution >= 0.6 is 0 Å². The van der Waals surface area contributed by atoms with Crippen molar-refractivity contribution in [2.24, 2.45) is 0 Å². The van der Waals surface area contributed by atoms with Crippen molar-refractivity contribution in [3.63, 3.8) is 0 Å². The first-order chi connectivity index (χ1) is 16.1. The number of fused-ring (bicyclic) bond motifs is 1. The number of phenolic OH excluding ortho intramolecular Hbond substituents is 1. The summed E-state index contributed by atoms with van der Waals surface area (Å²) in [5.41, 5.74) is 4.06. The highest BCUT2D eigenvalue weighted by atomic mass is 16.4. The van der Waals surface area contributed by atoms with Gasteiger partial charge in [-0.15, -0.1) is 0 Å². The topological polar surface area (TPSA) is 75.3 Å². The number of aliphatic carboxylic acids is 1. The van der Waals surface area contributed by atoms with Gasteiger partial charge in [-0.25, -0.2) is 4.68 Å². The fourth-order valence-electron chi connectivity index (χ4n) is 4.12. The van der Waals surface area contributed by atoms with Crippen LogP contribution in [0.4, 0.5) is 0 Å². The molecular formula is C28H22N2O3. The van der Waals surface area contributed by atoms with Gasteiger partial charge in [-0.3, -0.25) is 4.79 Å². The van der Waals surface area contributed by atoms with Crippen LogP contribution in [-0.2, 0) is 11.2 Å². The monoisotopic (exact) mass is 434 g/mol. The molecular weight excluding hydrogens is 412 g/mol. The first kappa shape index (κ1) is 20.5. The van der Waals surface area contributed by atoms with Crippen molar-refractivity contribution >= 4 is 16.7 Å². The second-order valence-electron chi connectivity index (χ2n) is 8.02. The lowest BCUT2D eigenvalue weighted by Gasteiger charge is -2.12. The van der Waals surface area contributed by atoms with Crippen LogP contribution in [0.25, 0.3) is 27.7 Å². The number of carboxylic acids is 1. The predicted molar refractivity (Wildman–Crippen MR) is 129 cm³/mol. The van der Waals surface area contributed by atoms with Crippen molar-refractivity contribution in [3.8, 4) is 22.7 Å². The molecule has 2 N–H and O–H groups in total. The maximum Gasteiger partial charge on any atom is 0.311 e. The van der Waals surface area contributed by atoms with Gasteiger partial charge < -0.3 is 10.2 Å². The molecule has 0 aliphatic carbocycles. The van der Waals surface area contributed by atoms with E-state index in [1.165, 1.54) is 0 Å². The third-order valence-corrected chi connectivity index (χ3v) is 5.81. The summed E-state index contributed by atoms with van der Waals surface area (Å²) in [7, 11) is 0. The second-order valence-corrected chi connectivity index (χ2v) is 8.02. The predicted octanol–water partition coefficient (Wildman–Crippen LogP) is 5.81. The van der Waals surface area contributed by atoms with Gasteiger partial charge in [-0.2, -0.15) is 5.10 Å². The van der Waals surface area contributed by atoms with Crippen LogP contribution in [0.5, 0.6) is 5.75 Å². The maximum absolute atomic E-state index is 12.2. The summed E-state index contributed by atoms with van der Waals surface area (Å²) < 4.78 is 1.80. The Hall–Kier alpha value is -4.38. The molecule has 4 aromatic carbocycles. The molecule has 162 valence electrons. The van der Waals surface area contributed by atoms with E-state index in [9.17, 15) is 15.0 Å². The minimum Gasteiger partial charge on any atom is -0.508 e. The molecule has 1 aromatic heterocycles. The third-order valence-electron chi connectivity index (χ3n) is 5.81. The van der Waals surface area contributed by atoms with Crippen molar-refractivity contribution in [2.75, 3.05) is 0 Å². The minimum atomic E-state index is -0.884. The van der Waals surface area contributed by atoms with Gasteiger partial charge in [0.25, 0.3) is 0 Å². The number of aromatic hydroxyl groups is 1. The highest BCUT2D eigenvalue weighted by Gasteiger charge is 2.23. The summed E-state index contributed by atoms with van der Waals surface area (Å²) in [6.07, 6.45) is 0.262. The number of aromatic nitrogens is 2. The van der Waals surface area contributed by atoms with Crippen LogP contribution in [-0.4, -0.2) is 26.0 Å². The van der Waals surface area contributed by atoms with E-state index in [-0.39, 0.29) is 12.2 Å². The zero-order chi connectivity index (χ0) is 22.8. The third kappa shape index (κ3) is 4.21. The van der Waals surface area contributed by atoms with Crippen molar-refractivity contribution in [1.82, 2.24) is 9.78 Å². The Morgan fingerprint density at radius 1 is 0.818 bits per heavy atom. The number of rotatable bonds is 6. The zero-order valence-electron chi connectivity index (χ0n) is 17.8. The van der Waals surface area contributed by atoms with Gasteiger partial charge in [0, 0.05) is 12.0 Å². The normalized spacial score (nSPS) is 12.0. The smallest absolute Gasteiger partial charge is 0.311 e. The molecule has 0 spiro atoms. The number of carbonyl (C=O) groups is 1. The van der Waals surface area contributed by atoms with Crippen molar-refractivity contribution < 1.29 is 15.0 Å². The van der Waals surface area contributed by atoms with E-state index in [1.54, 1.807) is 28.9 Å². The fourth-order valence-corrected chi connectivity index (χ4v) is 4.12. The Morgan fingerprint density at radius 3 is 2.24 bits per heavy atom. The summed E-state index contributed by atoms with van der Waals surface area (Å²) in [5, 5.41) is 26.6. The molecule has 0 aliphatic heterocycles. The Balaban J connectivity index is 1.56. The fraction of sp³-hybridized carbons (Fsp3) is 0.0714. The lowest BCUT2D eigenvalue weighted by molar-refractivity contribution is -0.138. The molecule has 5 nitrogen and oxygen atoms in total. The first-order valence-electron chi connectivity index (χ1n) is 10.7. The van der Waals surface area contributed by atoms with Crippen LogP contribution in [0.1, 0.15) is 17.2 Å². The second kappa shape index (κ2) is 8.63. The molecule has 0 radical (unpaired) electrons. The minimum absolute atomic E-state index is 0.176. The summed E-state index contributed by atoms with van der Waals surface area (Å²) in [6, 6.07) is 32.3. The van der Waals surface area contributed by atoms with Gasteiger partial charge in [0.05, 0.1) is 23.0 Å². The number of hydrogen-bond acceptors (Lipinski definition) is 3. The molecule has 33 heavy (non-hydrogen) atoms. The summed E-state index contributed by atoms with van der Waals surface area (Å²) in [6.45, 7) is 0. The van der Waals surface area contributed by atoms with Gasteiger partial charge >= 0.3 is 5.97 Å². The van der Waals surface area contributed by atoms with Crippen LogP contribution in [0.3, 0.4) is 0 Å². The van der Waals surface area contributed by atoms with E-state index in [0.717, 1.165) is 33.3 Å². The van der Waals surface area contributed by atoms with E-state index in [2.05, 4.69) is 0 Å². The first-order valence-corrected chi connectivity index (χ1v) is 10.7. The van der Waals surface area contributed by atoms with E-state index < -0.39 is 11.9 Å². The number of carboxylic acid groups (broad SMARTS) is 1. The highest BCUT2D eigenvalue weighted by Crippen LogP contribution is 2.29. The average molecular weight is 434 g/mol. The van der Waals surface area contributed by atoms with E-state index in [1.807, 2.05) is 78.9 Å². The lowest BCUT2D eigenvalue weighted by atomic mass is 9.92. The number of nitrogens with zero attached hydrogens (tertiary/aromatic N) is 2. The Kier molecular flexibility index (Phi) is 5.37. The number of phenols is 1. The standard InChI is InChI=1S/C28H22N2O3/c31-25-14-12-24(13-15-25)30-27(20-7-2-1-3-8-20)18-23(29-30)17-26(28(32)33)22-11-10-19-6-4-5-9-21(19)16-22/h1-16,18,26,31H,17H2,(H,32,33). The largest absolute Gasteiger partial charge is 0.508 e. The molecule has 0 fully saturated rings. The summed E-state index contributed by atoms with van der Waals surface area (Å²) in [5.74, 6) is -1.43. The molecule has 0 saturated carbocycles. The molecule has 5 aromatic rings. The summed E-state index contributed by atoms with van der Waals surface area (Å²) >= 11 is 0. The van der Waals surface area contributed by atoms with Crippen LogP contribution < -0.4 is 0 Å². The lowest BCUT2D eigenvalue weighted by Crippen LogP contribution is -2.15. The molecule has 1 atom stereocenters. The Morgan fingerprint density at radius 2 is 1.52 bits per heavy atom. The van der Waals surface area contributed by atoms with Crippen LogP contribution in [0.15, 0.2) is 103 Å². The van der Waals surface area contributed by atoms with Crippen molar-refractivity contribution in [3.05, 3.63) is 114 Å². The molecule has 5 rings (SSSR count). The van der Waals surface area contributed by atoms with E-state index in [4.69, 9.17) is 5.10 Å². The van der Waals surface area contributed by atoms with E-state index >= 15 is 0 Å². The molecule has 5 heteroatoms. The average Bonchev–Trinajstić information content (AvgIpc) is 3.27. The van der Waals surface area contributed by atoms with Crippen LogP contribution in [0, 0.1) is 0 Å². The zero-order valence-corrected chi connectivity index (χ0v) is 17.8. The van der Waals surface area contributed by atoms with Crippen molar-refractivity contribution in [1.29, 1.82) is 0 Å². The van der Waals surface area contributed by atoms with Gasteiger partial charge in [-0.05, 0) is 46.7 Å². The SMILES string of the molecule is O=C(O)C(Cc1cc(-c2ccccc2)n(-c2ccc(O)cc2)n1)c1ccc2ccccc2c1. The number of benzene rings is 4. The molecule has 1 heterocycles. The molecule has 0 amide bonds. The molecule has 0 bridgehead atoms. The maximum atomic E-state index is 12.2. The van der Waals surface area contributed by atoms with E-state index in [0.29, 0.717) is 5.69 Å². The Bertz CT molecular complexity index is 1420. The molecule has 0 saturated heterocycles.